The van der Waals surface area contributed by atoms with Crippen molar-refractivity contribution in [1.29, 1.82) is 0 Å². The monoisotopic (exact) mass is 224 g/mol. The van der Waals surface area contributed by atoms with E-state index < -0.39 is 0 Å². The number of aromatic amines is 1. The van der Waals surface area contributed by atoms with E-state index in [1.54, 1.807) is 0 Å². The number of nitrogens with zero attached hydrogens (tertiary/aromatic N) is 2. The van der Waals surface area contributed by atoms with Crippen molar-refractivity contribution in [3.05, 3.63) is 16.3 Å². The molecule has 0 saturated carbocycles. The van der Waals surface area contributed by atoms with Gasteiger partial charge in [-0.15, -0.1) is 0 Å². The quantitative estimate of drug-likeness (QED) is 0.768. The molecule has 1 atom stereocenters. The van der Waals surface area contributed by atoms with Gasteiger partial charge in [-0.3, -0.25) is 4.98 Å². The second kappa shape index (κ2) is 4.05. The highest BCUT2D eigenvalue weighted by Crippen LogP contribution is 2.13. The standard InChI is InChI=1S/C11H20N4O/c1-11(2,3)15-10(16)13-9(14-15)6-8-4-5-12-7-8/h8,12H,4-7H2,1-3H3,(H,13,14,16). The van der Waals surface area contributed by atoms with Crippen molar-refractivity contribution < 1.29 is 0 Å². The summed E-state index contributed by atoms with van der Waals surface area (Å²) in [6.07, 6.45) is 2.04. The number of H-pyrrole nitrogens is 1. The largest absolute Gasteiger partial charge is 0.343 e. The van der Waals surface area contributed by atoms with E-state index in [1.165, 1.54) is 11.1 Å². The molecule has 0 radical (unpaired) electrons. The van der Waals surface area contributed by atoms with Gasteiger partial charge < -0.3 is 5.32 Å². The lowest BCUT2D eigenvalue weighted by Gasteiger charge is -2.16. The topological polar surface area (TPSA) is 62.7 Å². The van der Waals surface area contributed by atoms with E-state index >= 15 is 0 Å². The van der Waals surface area contributed by atoms with Crippen LogP contribution < -0.4 is 11.0 Å². The van der Waals surface area contributed by atoms with Crippen molar-refractivity contribution in [2.45, 2.75) is 39.2 Å². The normalized spacial score (nSPS) is 21.6. The Bertz CT molecular complexity index is 406. The number of nitrogens with one attached hydrogen (secondary N) is 2. The minimum absolute atomic E-state index is 0.103. The molecule has 0 amide bonds. The molecule has 1 aliphatic rings. The van der Waals surface area contributed by atoms with Crippen molar-refractivity contribution in [2.24, 2.45) is 5.92 Å². The summed E-state index contributed by atoms with van der Waals surface area (Å²) in [5.41, 5.74) is -0.354. The van der Waals surface area contributed by atoms with E-state index in [9.17, 15) is 4.79 Å². The first-order valence-corrected chi connectivity index (χ1v) is 5.86. The fraction of sp³-hybridized carbons (Fsp3) is 0.818. The number of rotatable bonds is 2. The molecule has 0 aliphatic carbocycles. The molecule has 16 heavy (non-hydrogen) atoms. The molecule has 1 fully saturated rings. The molecular formula is C11H20N4O. The van der Waals surface area contributed by atoms with E-state index in [1.807, 2.05) is 20.8 Å². The predicted molar refractivity (Wildman–Crippen MR) is 62.5 cm³/mol. The van der Waals surface area contributed by atoms with E-state index in [4.69, 9.17) is 0 Å². The van der Waals surface area contributed by atoms with Crippen LogP contribution in [0.1, 0.15) is 33.0 Å². The van der Waals surface area contributed by atoms with Crippen LogP contribution in [-0.4, -0.2) is 27.9 Å². The summed E-state index contributed by atoms with van der Waals surface area (Å²) in [6.45, 7) is 8.06. The van der Waals surface area contributed by atoms with Crippen molar-refractivity contribution in [3.63, 3.8) is 0 Å². The second-order valence-electron chi connectivity index (χ2n) is 5.52. The molecule has 5 heteroatoms. The highest BCUT2D eigenvalue weighted by molar-refractivity contribution is 4.90. The Balaban J connectivity index is 2.14. The Morgan fingerprint density at radius 2 is 2.25 bits per heavy atom. The third-order valence-corrected chi connectivity index (χ3v) is 2.94. The van der Waals surface area contributed by atoms with Crippen LogP contribution in [0.5, 0.6) is 0 Å². The number of hydrogen-bond acceptors (Lipinski definition) is 3. The van der Waals surface area contributed by atoms with Crippen molar-refractivity contribution >= 4 is 0 Å². The molecule has 1 aliphatic heterocycles. The van der Waals surface area contributed by atoms with Gasteiger partial charge in [0, 0.05) is 6.42 Å². The Kier molecular flexibility index (Phi) is 2.88. The lowest BCUT2D eigenvalue weighted by molar-refractivity contribution is 0.341. The predicted octanol–water partition coefficient (Wildman–Crippen LogP) is 0.478. The van der Waals surface area contributed by atoms with Gasteiger partial charge in [0.15, 0.2) is 0 Å². The van der Waals surface area contributed by atoms with Gasteiger partial charge in [-0.05, 0) is 46.2 Å². The van der Waals surface area contributed by atoms with Gasteiger partial charge in [0.25, 0.3) is 0 Å². The lowest BCUT2D eigenvalue weighted by Crippen LogP contribution is -2.33. The van der Waals surface area contributed by atoms with Gasteiger partial charge in [-0.2, -0.15) is 5.10 Å². The van der Waals surface area contributed by atoms with Crippen molar-refractivity contribution in [2.75, 3.05) is 13.1 Å². The lowest BCUT2D eigenvalue weighted by atomic mass is 10.1. The number of hydrogen-bond donors (Lipinski definition) is 2. The third kappa shape index (κ3) is 2.35. The Hall–Kier alpha value is -1.10. The first-order chi connectivity index (χ1) is 7.47. The van der Waals surface area contributed by atoms with E-state index in [-0.39, 0.29) is 11.2 Å². The minimum Gasteiger partial charge on any atom is -0.316 e. The molecule has 0 spiro atoms. The SMILES string of the molecule is CC(C)(C)n1nc(CC2CCNC2)[nH]c1=O. The highest BCUT2D eigenvalue weighted by Gasteiger charge is 2.21. The second-order valence-corrected chi connectivity index (χ2v) is 5.52. The fourth-order valence-corrected chi connectivity index (χ4v) is 2.08. The molecule has 1 saturated heterocycles. The fourth-order valence-electron chi connectivity index (χ4n) is 2.08. The van der Waals surface area contributed by atoms with Gasteiger partial charge in [-0.25, -0.2) is 9.48 Å². The van der Waals surface area contributed by atoms with Gasteiger partial charge in [-0.1, -0.05) is 0 Å². The Morgan fingerprint density at radius 1 is 1.50 bits per heavy atom. The first-order valence-electron chi connectivity index (χ1n) is 5.86. The molecule has 2 heterocycles. The van der Waals surface area contributed by atoms with Crippen LogP contribution in [0.4, 0.5) is 0 Å². The van der Waals surface area contributed by atoms with Crippen molar-refractivity contribution in [3.8, 4) is 0 Å². The Morgan fingerprint density at radius 3 is 2.75 bits per heavy atom. The summed E-state index contributed by atoms with van der Waals surface area (Å²) in [5.74, 6) is 1.42. The molecule has 1 aromatic heterocycles. The maximum absolute atomic E-state index is 11.7. The van der Waals surface area contributed by atoms with Crippen LogP contribution in [-0.2, 0) is 12.0 Å². The van der Waals surface area contributed by atoms with Gasteiger partial charge in [0.2, 0.25) is 0 Å². The summed E-state index contributed by atoms with van der Waals surface area (Å²) in [4.78, 5) is 14.5. The minimum atomic E-state index is -0.250. The van der Waals surface area contributed by atoms with Crippen LogP contribution >= 0.6 is 0 Å². The summed E-state index contributed by atoms with van der Waals surface area (Å²) in [5, 5.41) is 7.68. The van der Waals surface area contributed by atoms with E-state index in [0.29, 0.717) is 5.92 Å². The molecular weight excluding hydrogens is 204 g/mol. The van der Waals surface area contributed by atoms with Crippen LogP contribution in [0.25, 0.3) is 0 Å². The summed E-state index contributed by atoms with van der Waals surface area (Å²) < 4.78 is 1.53. The van der Waals surface area contributed by atoms with Crippen LogP contribution in [0.2, 0.25) is 0 Å². The molecule has 2 N–H and O–H groups in total. The van der Waals surface area contributed by atoms with Crippen molar-refractivity contribution in [1.82, 2.24) is 20.1 Å². The molecule has 2 rings (SSSR count). The highest BCUT2D eigenvalue weighted by atomic mass is 16.2. The van der Waals surface area contributed by atoms with Gasteiger partial charge in [0.1, 0.15) is 5.82 Å². The Labute approximate surface area is 95.2 Å². The van der Waals surface area contributed by atoms with E-state index in [0.717, 1.165) is 25.3 Å². The summed E-state index contributed by atoms with van der Waals surface area (Å²) in [6, 6.07) is 0. The molecule has 0 aromatic carbocycles. The first kappa shape index (κ1) is 11.4. The molecule has 5 nitrogen and oxygen atoms in total. The van der Waals surface area contributed by atoms with Crippen LogP contribution in [0, 0.1) is 5.92 Å². The zero-order valence-corrected chi connectivity index (χ0v) is 10.2. The van der Waals surface area contributed by atoms with Crippen LogP contribution in [0.3, 0.4) is 0 Å². The van der Waals surface area contributed by atoms with Gasteiger partial charge in [0.05, 0.1) is 5.54 Å². The smallest absolute Gasteiger partial charge is 0.316 e. The average molecular weight is 224 g/mol. The van der Waals surface area contributed by atoms with E-state index in [2.05, 4.69) is 15.4 Å². The maximum atomic E-state index is 11.7. The summed E-state index contributed by atoms with van der Waals surface area (Å²) >= 11 is 0. The summed E-state index contributed by atoms with van der Waals surface area (Å²) in [7, 11) is 0. The van der Waals surface area contributed by atoms with Gasteiger partial charge >= 0.3 is 5.69 Å². The average Bonchev–Trinajstić information content (AvgIpc) is 2.74. The zero-order valence-electron chi connectivity index (χ0n) is 10.2. The molecule has 90 valence electrons. The third-order valence-electron chi connectivity index (χ3n) is 2.94. The molecule has 1 aromatic rings. The zero-order chi connectivity index (χ0) is 11.8. The number of aromatic nitrogens is 3. The molecule has 0 bridgehead atoms. The maximum Gasteiger partial charge on any atom is 0.343 e. The molecule has 1 unspecified atom stereocenters. The van der Waals surface area contributed by atoms with Crippen LogP contribution in [0.15, 0.2) is 4.79 Å².